The summed E-state index contributed by atoms with van der Waals surface area (Å²) in [4.78, 5) is 0. The molecule has 0 bridgehead atoms. The van der Waals surface area contributed by atoms with Crippen LogP contribution in [0.5, 0.6) is 0 Å². The van der Waals surface area contributed by atoms with E-state index in [4.69, 9.17) is 5.21 Å². The second-order valence-electron chi connectivity index (χ2n) is 2.30. The standard InChI is InChI=1S/C6H10FNO/c7-5-3-1-2-4-6(5)8-9/h5,9H,1-4H2/b8-6+. The number of nitrogens with zero attached hydrogens (tertiary/aromatic N) is 1. The van der Waals surface area contributed by atoms with E-state index in [0.717, 1.165) is 12.8 Å². The lowest BCUT2D eigenvalue weighted by Gasteiger charge is -2.14. The SMILES string of the molecule is O/N=C1\CCCCC1F. The van der Waals surface area contributed by atoms with Gasteiger partial charge in [-0.05, 0) is 25.7 Å². The Labute approximate surface area is 53.4 Å². The fourth-order valence-electron chi connectivity index (χ4n) is 1.07. The van der Waals surface area contributed by atoms with Gasteiger partial charge in [0, 0.05) is 0 Å². The maximum absolute atomic E-state index is 12.6. The Bertz CT molecular complexity index is 124. The van der Waals surface area contributed by atoms with Crippen LogP contribution in [0.1, 0.15) is 25.7 Å². The topological polar surface area (TPSA) is 32.6 Å². The van der Waals surface area contributed by atoms with Crippen molar-refractivity contribution >= 4 is 5.71 Å². The highest BCUT2D eigenvalue weighted by atomic mass is 19.1. The molecule has 0 aromatic carbocycles. The van der Waals surface area contributed by atoms with Gasteiger partial charge in [0.05, 0.1) is 5.71 Å². The van der Waals surface area contributed by atoms with Gasteiger partial charge in [-0.3, -0.25) is 0 Å². The van der Waals surface area contributed by atoms with Crippen molar-refractivity contribution in [1.29, 1.82) is 0 Å². The molecule has 0 saturated heterocycles. The molecule has 1 N–H and O–H groups in total. The third-order valence-corrected chi connectivity index (χ3v) is 1.63. The van der Waals surface area contributed by atoms with Crippen molar-refractivity contribution in [3.05, 3.63) is 0 Å². The summed E-state index contributed by atoms with van der Waals surface area (Å²) in [5.41, 5.74) is 0.321. The highest BCUT2D eigenvalue weighted by Crippen LogP contribution is 2.17. The van der Waals surface area contributed by atoms with Crippen molar-refractivity contribution in [2.75, 3.05) is 0 Å². The maximum Gasteiger partial charge on any atom is 0.141 e. The lowest BCUT2D eigenvalue weighted by atomic mass is 9.97. The molecule has 0 aromatic rings. The first-order valence-electron chi connectivity index (χ1n) is 3.19. The lowest BCUT2D eigenvalue weighted by Crippen LogP contribution is -2.19. The van der Waals surface area contributed by atoms with Gasteiger partial charge in [0.1, 0.15) is 6.17 Å². The highest BCUT2D eigenvalue weighted by Gasteiger charge is 2.19. The Balaban J connectivity index is 2.49. The van der Waals surface area contributed by atoms with E-state index >= 15 is 0 Å². The van der Waals surface area contributed by atoms with Crippen LogP contribution in [0.15, 0.2) is 5.16 Å². The average Bonchev–Trinajstić information content (AvgIpc) is 1.89. The fourth-order valence-corrected chi connectivity index (χ4v) is 1.07. The van der Waals surface area contributed by atoms with Crippen LogP contribution in [0.3, 0.4) is 0 Å². The summed E-state index contributed by atoms with van der Waals surface area (Å²) in [7, 11) is 0. The van der Waals surface area contributed by atoms with Gasteiger partial charge in [0.2, 0.25) is 0 Å². The number of alkyl halides is 1. The molecule has 1 unspecified atom stereocenters. The number of halogens is 1. The van der Waals surface area contributed by atoms with Crippen molar-refractivity contribution in [2.45, 2.75) is 31.9 Å². The zero-order valence-electron chi connectivity index (χ0n) is 5.18. The molecule has 1 fully saturated rings. The maximum atomic E-state index is 12.6. The van der Waals surface area contributed by atoms with Gasteiger partial charge in [-0.1, -0.05) is 5.16 Å². The summed E-state index contributed by atoms with van der Waals surface area (Å²) in [6.45, 7) is 0. The number of rotatable bonds is 0. The van der Waals surface area contributed by atoms with E-state index in [1.54, 1.807) is 0 Å². The molecule has 9 heavy (non-hydrogen) atoms. The zero-order chi connectivity index (χ0) is 6.69. The van der Waals surface area contributed by atoms with Crippen molar-refractivity contribution in [3.63, 3.8) is 0 Å². The van der Waals surface area contributed by atoms with Gasteiger partial charge in [0.15, 0.2) is 0 Å². The van der Waals surface area contributed by atoms with Gasteiger partial charge in [-0.15, -0.1) is 0 Å². The van der Waals surface area contributed by atoms with Crippen LogP contribution in [0.25, 0.3) is 0 Å². The van der Waals surface area contributed by atoms with Crippen LogP contribution in [-0.2, 0) is 0 Å². The van der Waals surface area contributed by atoms with E-state index in [0.29, 0.717) is 18.6 Å². The molecule has 0 amide bonds. The number of hydrogen-bond donors (Lipinski definition) is 1. The summed E-state index contributed by atoms with van der Waals surface area (Å²) < 4.78 is 12.6. The minimum absolute atomic E-state index is 0.321. The lowest BCUT2D eigenvalue weighted by molar-refractivity contribution is 0.294. The normalized spacial score (nSPS) is 33.0. The van der Waals surface area contributed by atoms with Gasteiger partial charge < -0.3 is 5.21 Å². The summed E-state index contributed by atoms with van der Waals surface area (Å²) >= 11 is 0. The van der Waals surface area contributed by atoms with Crippen LogP contribution in [0, 0.1) is 0 Å². The first-order valence-corrected chi connectivity index (χ1v) is 3.19. The molecule has 0 spiro atoms. The van der Waals surface area contributed by atoms with Crippen LogP contribution in [0.2, 0.25) is 0 Å². The summed E-state index contributed by atoms with van der Waals surface area (Å²) in [6.07, 6.45) is 2.04. The molecule has 1 rings (SSSR count). The average molecular weight is 131 g/mol. The van der Waals surface area contributed by atoms with E-state index in [2.05, 4.69) is 5.16 Å². The van der Waals surface area contributed by atoms with E-state index in [1.165, 1.54) is 0 Å². The van der Waals surface area contributed by atoms with Gasteiger partial charge in [-0.25, -0.2) is 4.39 Å². The van der Waals surface area contributed by atoms with E-state index < -0.39 is 6.17 Å². The third-order valence-electron chi connectivity index (χ3n) is 1.63. The molecular formula is C6H10FNO. The van der Waals surface area contributed by atoms with Crippen LogP contribution in [0.4, 0.5) is 4.39 Å². The Morgan fingerprint density at radius 1 is 1.56 bits per heavy atom. The first-order chi connectivity index (χ1) is 4.34. The Kier molecular flexibility index (Phi) is 2.03. The largest absolute Gasteiger partial charge is 0.411 e. The fraction of sp³-hybridized carbons (Fsp3) is 0.833. The second kappa shape index (κ2) is 2.80. The van der Waals surface area contributed by atoms with E-state index in [1.807, 2.05) is 0 Å². The minimum atomic E-state index is -0.983. The molecule has 52 valence electrons. The molecule has 1 atom stereocenters. The van der Waals surface area contributed by atoms with Crippen LogP contribution >= 0.6 is 0 Å². The molecule has 2 nitrogen and oxygen atoms in total. The molecule has 1 saturated carbocycles. The number of oxime groups is 1. The highest BCUT2D eigenvalue weighted by molar-refractivity contribution is 5.88. The second-order valence-corrected chi connectivity index (χ2v) is 2.30. The van der Waals surface area contributed by atoms with Gasteiger partial charge >= 0.3 is 0 Å². The smallest absolute Gasteiger partial charge is 0.141 e. The monoisotopic (exact) mass is 131 g/mol. The number of hydrogen-bond acceptors (Lipinski definition) is 2. The molecular weight excluding hydrogens is 121 g/mol. The molecule has 0 aliphatic heterocycles. The third kappa shape index (κ3) is 1.40. The van der Waals surface area contributed by atoms with E-state index in [-0.39, 0.29) is 0 Å². The Hall–Kier alpha value is -0.600. The zero-order valence-corrected chi connectivity index (χ0v) is 5.18. The van der Waals surface area contributed by atoms with Gasteiger partial charge in [0.25, 0.3) is 0 Å². The summed E-state index contributed by atoms with van der Waals surface area (Å²) in [6, 6.07) is 0. The predicted molar refractivity (Wildman–Crippen MR) is 32.6 cm³/mol. The van der Waals surface area contributed by atoms with Crippen LogP contribution < -0.4 is 0 Å². The molecule has 1 aliphatic carbocycles. The minimum Gasteiger partial charge on any atom is -0.411 e. The molecule has 0 heterocycles. The van der Waals surface area contributed by atoms with E-state index in [9.17, 15) is 4.39 Å². The Morgan fingerprint density at radius 3 is 2.78 bits per heavy atom. The van der Waals surface area contributed by atoms with Crippen molar-refractivity contribution in [2.24, 2.45) is 5.16 Å². The van der Waals surface area contributed by atoms with Crippen LogP contribution in [-0.4, -0.2) is 17.1 Å². The Morgan fingerprint density at radius 2 is 2.33 bits per heavy atom. The molecule has 1 aliphatic rings. The van der Waals surface area contributed by atoms with Gasteiger partial charge in [-0.2, -0.15) is 0 Å². The van der Waals surface area contributed by atoms with Crippen molar-refractivity contribution in [3.8, 4) is 0 Å². The predicted octanol–water partition coefficient (Wildman–Crippen LogP) is 1.73. The molecule has 0 aromatic heterocycles. The summed E-state index contributed by atoms with van der Waals surface area (Å²) in [5, 5.41) is 11.1. The molecule has 0 radical (unpaired) electrons. The first kappa shape index (κ1) is 6.52. The molecule has 3 heteroatoms. The quantitative estimate of drug-likeness (QED) is 0.394. The van der Waals surface area contributed by atoms with Crippen molar-refractivity contribution in [1.82, 2.24) is 0 Å². The van der Waals surface area contributed by atoms with Crippen molar-refractivity contribution < 1.29 is 9.60 Å². The summed E-state index contributed by atoms with van der Waals surface area (Å²) in [5.74, 6) is 0.